The number of benzene rings is 1. The van der Waals surface area contributed by atoms with Crippen LogP contribution < -0.4 is 0 Å². The molecule has 5 heteroatoms. The van der Waals surface area contributed by atoms with Crippen LogP contribution in [0, 0.1) is 5.92 Å². The summed E-state index contributed by atoms with van der Waals surface area (Å²) >= 11 is 6.54. The monoisotopic (exact) mass is 384 g/mol. The summed E-state index contributed by atoms with van der Waals surface area (Å²) < 4.78 is 0. The minimum absolute atomic E-state index is 0.0149. The molecule has 142 valence electrons. The molecule has 0 radical (unpaired) electrons. The Morgan fingerprint density at radius 2 is 1.78 bits per heavy atom. The van der Waals surface area contributed by atoms with Crippen LogP contribution in [0.25, 0.3) is 11.1 Å². The van der Waals surface area contributed by atoms with Crippen molar-refractivity contribution in [1.29, 1.82) is 0 Å². The Morgan fingerprint density at radius 1 is 1.04 bits per heavy atom. The fourth-order valence-corrected chi connectivity index (χ4v) is 4.64. The van der Waals surface area contributed by atoms with Crippen LogP contribution in [-0.4, -0.2) is 39.6 Å². The van der Waals surface area contributed by atoms with Crippen LogP contribution in [0.3, 0.4) is 0 Å². The number of carbonyl (C=O) groups excluding carboxylic acids is 1. The molecule has 2 aliphatic rings. The van der Waals surface area contributed by atoms with E-state index in [1.165, 1.54) is 0 Å². The molecule has 1 amide bonds. The fourth-order valence-electron chi connectivity index (χ4n) is 4.39. The zero-order valence-electron chi connectivity index (χ0n) is 15.4. The maximum atomic E-state index is 12.9. The molecule has 0 spiro atoms. The lowest BCUT2D eigenvalue weighted by Gasteiger charge is -2.33. The fraction of sp³-hybridized carbons (Fsp3) is 0.455. The van der Waals surface area contributed by atoms with Crippen LogP contribution in [-0.2, 0) is 11.2 Å². The molecule has 1 saturated carbocycles. The lowest BCUT2D eigenvalue weighted by atomic mass is 9.92. The van der Waals surface area contributed by atoms with Gasteiger partial charge in [-0.2, -0.15) is 0 Å². The highest BCUT2D eigenvalue weighted by Crippen LogP contribution is 2.33. The van der Waals surface area contributed by atoms with Gasteiger partial charge >= 0.3 is 0 Å². The summed E-state index contributed by atoms with van der Waals surface area (Å²) in [7, 11) is 0. The summed E-state index contributed by atoms with van der Waals surface area (Å²) in [6.07, 6.45) is 8.39. The number of hydrogen-bond acceptors (Lipinski definition) is 3. The molecule has 1 aliphatic carbocycles. The maximum absolute atomic E-state index is 12.9. The molecule has 1 aromatic heterocycles. The van der Waals surface area contributed by atoms with Gasteiger partial charge in [-0.1, -0.05) is 23.7 Å². The molecule has 4 nitrogen and oxygen atoms in total. The van der Waals surface area contributed by atoms with Crippen LogP contribution in [0.2, 0.25) is 5.02 Å². The van der Waals surface area contributed by atoms with Crippen molar-refractivity contribution in [3.63, 3.8) is 0 Å². The molecule has 27 heavy (non-hydrogen) atoms. The summed E-state index contributed by atoms with van der Waals surface area (Å²) in [5.41, 5.74) is 3.18. The number of rotatable bonds is 4. The molecule has 1 aromatic carbocycles. The molecular weight excluding hydrogens is 360 g/mol. The zero-order chi connectivity index (χ0) is 18.8. The highest BCUT2D eigenvalue weighted by Gasteiger charge is 2.37. The van der Waals surface area contributed by atoms with E-state index < -0.39 is 0 Å². The van der Waals surface area contributed by atoms with Gasteiger partial charge in [0.1, 0.15) is 0 Å². The van der Waals surface area contributed by atoms with Gasteiger partial charge in [0.05, 0.1) is 6.10 Å². The van der Waals surface area contributed by atoms with E-state index in [-0.39, 0.29) is 17.9 Å². The van der Waals surface area contributed by atoms with Gasteiger partial charge in [-0.25, -0.2) is 0 Å². The summed E-state index contributed by atoms with van der Waals surface area (Å²) in [5.74, 6) is 0.270. The third-order valence-corrected chi connectivity index (χ3v) is 6.34. The number of hydrogen-bond donors (Lipinski definition) is 1. The van der Waals surface area contributed by atoms with Crippen LogP contribution in [0.1, 0.15) is 37.7 Å². The molecule has 1 N–H and O–H groups in total. The topological polar surface area (TPSA) is 53.4 Å². The molecule has 2 heterocycles. The van der Waals surface area contributed by atoms with Gasteiger partial charge in [0.25, 0.3) is 0 Å². The molecule has 2 aromatic rings. The molecule has 4 rings (SSSR count). The quantitative estimate of drug-likeness (QED) is 0.863. The van der Waals surface area contributed by atoms with E-state index in [1.807, 2.05) is 24.3 Å². The SMILES string of the molecule is O=C1C(Cc2ccc(-c3ccncc3)cc2Cl)CCN1[C@H]1CC[C@@H](O)CC1. The first-order valence-corrected chi connectivity index (χ1v) is 10.2. The predicted octanol–water partition coefficient (Wildman–Crippen LogP) is 4.10. The Morgan fingerprint density at radius 3 is 2.48 bits per heavy atom. The van der Waals surface area contributed by atoms with Crippen molar-refractivity contribution in [2.45, 2.75) is 50.7 Å². The van der Waals surface area contributed by atoms with Crippen molar-refractivity contribution in [2.24, 2.45) is 5.92 Å². The van der Waals surface area contributed by atoms with Gasteiger partial charge < -0.3 is 10.0 Å². The molecular formula is C22H25ClN2O2. The van der Waals surface area contributed by atoms with Gasteiger partial charge in [0, 0.05) is 35.9 Å². The Balaban J connectivity index is 1.43. The highest BCUT2D eigenvalue weighted by molar-refractivity contribution is 6.31. The normalized spacial score (nSPS) is 25.8. The van der Waals surface area contributed by atoms with Gasteiger partial charge in [0.2, 0.25) is 5.91 Å². The second kappa shape index (κ2) is 7.99. The number of carbonyl (C=O) groups is 1. The highest BCUT2D eigenvalue weighted by atomic mass is 35.5. The largest absolute Gasteiger partial charge is 0.393 e. The Labute approximate surface area is 165 Å². The van der Waals surface area contributed by atoms with E-state index in [2.05, 4.69) is 16.0 Å². The summed E-state index contributed by atoms with van der Waals surface area (Å²) in [4.78, 5) is 19.0. The predicted molar refractivity (Wildman–Crippen MR) is 106 cm³/mol. The van der Waals surface area contributed by atoms with Crippen LogP contribution >= 0.6 is 11.6 Å². The van der Waals surface area contributed by atoms with E-state index in [9.17, 15) is 9.90 Å². The van der Waals surface area contributed by atoms with Crippen molar-refractivity contribution in [3.8, 4) is 11.1 Å². The number of likely N-dealkylation sites (tertiary alicyclic amines) is 1. The van der Waals surface area contributed by atoms with Gasteiger partial charge in [-0.05, 0) is 73.4 Å². The third kappa shape index (κ3) is 4.02. The zero-order valence-corrected chi connectivity index (χ0v) is 16.1. The van der Waals surface area contributed by atoms with Crippen molar-refractivity contribution < 1.29 is 9.90 Å². The van der Waals surface area contributed by atoms with Gasteiger partial charge in [0.15, 0.2) is 0 Å². The maximum Gasteiger partial charge on any atom is 0.226 e. The minimum atomic E-state index is -0.188. The minimum Gasteiger partial charge on any atom is -0.393 e. The lowest BCUT2D eigenvalue weighted by Crippen LogP contribution is -2.41. The van der Waals surface area contributed by atoms with E-state index in [0.29, 0.717) is 12.5 Å². The molecule has 2 fully saturated rings. The average molecular weight is 385 g/mol. The first-order chi connectivity index (χ1) is 13.1. The van der Waals surface area contributed by atoms with Crippen molar-refractivity contribution in [2.75, 3.05) is 6.54 Å². The van der Waals surface area contributed by atoms with E-state index in [0.717, 1.165) is 60.4 Å². The number of amides is 1. The summed E-state index contributed by atoms with van der Waals surface area (Å²) in [6.45, 7) is 0.830. The molecule has 1 saturated heterocycles. The first-order valence-electron chi connectivity index (χ1n) is 9.79. The lowest BCUT2D eigenvalue weighted by molar-refractivity contribution is -0.133. The standard InChI is InChI=1S/C22H25ClN2O2/c23-21-14-16(15-7-10-24-11-8-15)1-2-17(21)13-18-9-12-25(22(18)27)19-3-5-20(26)6-4-19/h1-2,7-8,10-11,14,18-20,26H,3-6,9,12-13H2/t18?,19-,20+. The average Bonchev–Trinajstić information content (AvgIpc) is 3.05. The number of nitrogens with zero attached hydrogens (tertiary/aromatic N) is 2. The Hall–Kier alpha value is -1.91. The second-order valence-electron chi connectivity index (χ2n) is 7.73. The van der Waals surface area contributed by atoms with Crippen molar-refractivity contribution in [3.05, 3.63) is 53.3 Å². The molecule has 0 bridgehead atoms. The number of pyridine rings is 1. The summed E-state index contributed by atoms with van der Waals surface area (Å²) in [5, 5.41) is 10.4. The Kier molecular flexibility index (Phi) is 5.46. The molecule has 1 atom stereocenters. The van der Waals surface area contributed by atoms with Gasteiger partial charge in [-0.15, -0.1) is 0 Å². The second-order valence-corrected chi connectivity index (χ2v) is 8.13. The van der Waals surface area contributed by atoms with E-state index in [4.69, 9.17) is 11.6 Å². The van der Waals surface area contributed by atoms with Gasteiger partial charge in [-0.3, -0.25) is 9.78 Å². The van der Waals surface area contributed by atoms with Crippen molar-refractivity contribution in [1.82, 2.24) is 9.88 Å². The van der Waals surface area contributed by atoms with Crippen LogP contribution in [0.5, 0.6) is 0 Å². The third-order valence-electron chi connectivity index (χ3n) is 5.99. The molecule has 1 aliphatic heterocycles. The van der Waals surface area contributed by atoms with E-state index in [1.54, 1.807) is 12.4 Å². The molecule has 1 unspecified atom stereocenters. The first kappa shape index (κ1) is 18.5. The number of halogens is 1. The Bertz CT molecular complexity index is 803. The van der Waals surface area contributed by atoms with E-state index >= 15 is 0 Å². The number of aliphatic hydroxyl groups is 1. The smallest absolute Gasteiger partial charge is 0.226 e. The number of aliphatic hydroxyl groups excluding tert-OH is 1. The van der Waals surface area contributed by atoms with Crippen LogP contribution in [0.15, 0.2) is 42.7 Å². The number of aromatic nitrogens is 1. The van der Waals surface area contributed by atoms with Crippen LogP contribution in [0.4, 0.5) is 0 Å². The van der Waals surface area contributed by atoms with Crippen molar-refractivity contribution >= 4 is 17.5 Å². The summed E-state index contributed by atoms with van der Waals surface area (Å²) in [6, 6.07) is 10.3.